The number of carbonyl (C=O) groups excluding carboxylic acids is 1. The third-order valence-electron chi connectivity index (χ3n) is 6.02. The summed E-state index contributed by atoms with van der Waals surface area (Å²) in [4.78, 5) is 23.9. The van der Waals surface area contributed by atoms with Crippen LogP contribution in [0.1, 0.15) is 50.6 Å². The maximum absolute atomic E-state index is 13.5. The van der Waals surface area contributed by atoms with Gasteiger partial charge in [0.05, 0.1) is 16.8 Å². The molecule has 1 aliphatic carbocycles. The van der Waals surface area contributed by atoms with Crippen molar-refractivity contribution < 1.29 is 14.3 Å². The van der Waals surface area contributed by atoms with Gasteiger partial charge in [-0.2, -0.15) is 0 Å². The van der Waals surface area contributed by atoms with Crippen molar-refractivity contribution in [3.05, 3.63) is 29.7 Å². The van der Waals surface area contributed by atoms with Crippen molar-refractivity contribution in [2.45, 2.75) is 63.5 Å². The Morgan fingerprint density at radius 2 is 2.07 bits per heavy atom. The number of carbonyl (C=O) groups is 1. The van der Waals surface area contributed by atoms with Crippen LogP contribution in [0.2, 0.25) is 0 Å². The molecule has 28 heavy (non-hydrogen) atoms. The Morgan fingerprint density at radius 1 is 1.29 bits per heavy atom. The Bertz CT molecular complexity index is 882. The van der Waals surface area contributed by atoms with Gasteiger partial charge in [-0.25, -0.2) is 14.4 Å². The first-order valence-corrected chi connectivity index (χ1v) is 10.2. The van der Waals surface area contributed by atoms with Crippen LogP contribution in [0.5, 0.6) is 0 Å². The molecule has 0 spiro atoms. The molecule has 1 aromatic heterocycles. The van der Waals surface area contributed by atoms with E-state index in [-0.39, 0.29) is 17.8 Å². The molecular weight excluding hydrogens is 359 g/mol. The fraction of sp³-hybridized carbons (Fsp3) is 0.571. The average Bonchev–Trinajstić information content (AvgIpc) is 3.17. The first-order valence-electron chi connectivity index (χ1n) is 10.2. The Labute approximate surface area is 164 Å². The van der Waals surface area contributed by atoms with Gasteiger partial charge in [-0.1, -0.05) is 19.3 Å². The molecule has 1 amide bonds. The Kier molecular flexibility index (Phi) is 5.19. The van der Waals surface area contributed by atoms with Gasteiger partial charge in [0.15, 0.2) is 0 Å². The summed E-state index contributed by atoms with van der Waals surface area (Å²) >= 11 is 0. The number of rotatable bonds is 4. The van der Waals surface area contributed by atoms with Crippen molar-refractivity contribution in [1.82, 2.24) is 15.3 Å². The van der Waals surface area contributed by atoms with Crippen LogP contribution >= 0.6 is 0 Å². The van der Waals surface area contributed by atoms with Crippen LogP contribution in [0.3, 0.4) is 0 Å². The number of hydrogen-bond acceptors (Lipinski definition) is 5. The number of hydrogen-bond donors (Lipinski definition) is 2. The average molecular weight is 386 g/mol. The number of aliphatic hydroxyl groups is 1. The number of nitrogens with zero attached hydrogens (tertiary/aromatic N) is 3. The van der Waals surface area contributed by atoms with Crippen molar-refractivity contribution in [2.24, 2.45) is 0 Å². The zero-order valence-electron chi connectivity index (χ0n) is 16.2. The predicted octanol–water partition coefficient (Wildman–Crippen LogP) is 2.86. The van der Waals surface area contributed by atoms with E-state index in [1.165, 1.54) is 12.1 Å². The molecule has 1 saturated carbocycles. The topological polar surface area (TPSA) is 78.4 Å². The Balaban J connectivity index is 1.51. The smallest absolute Gasteiger partial charge is 0.242 e. The van der Waals surface area contributed by atoms with Crippen LogP contribution in [-0.4, -0.2) is 45.7 Å². The maximum atomic E-state index is 13.5. The number of nitrogens with one attached hydrogen (secondary N) is 1. The van der Waals surface area contributed by atoms with Crippen LogP contribution in [-0.2, 0) is 4.79 Å². The van der Waals surface area contributed by atoms with Crippen molar-refractivity contribution in [3.8, 4) is 0 Å². The second-order valence-corrected chi connectivity index (χ2v) is 8.12. The normalized spacial score (nSPS) is 21.8. The molecule has 2 aromatic rings. The van der Waals surface area contributed by atoms with Crippen LogP contribution < -0.4 is 10.2 Å². The number of amides is 1. The van der Waals surface area contributed by atoms with Crippen LogP contribution in [0.25, 0.3) is 10.9 Å². The van der Waals surface area contributed by atoms with Gasteiger partial charge in [0.2, 0.25) is 11.9 Å². The lowest BCUT2D eigenvalue weighted by atomic mass is 9.85. The zero-order valence-corrected chi connectivity index (χ0v) is 16.2. The quantitative estimate of drug-likeness (QED) is 0.845. The van der Waals surface area contributed by atoms with E-state index in [1.54, 1.807) is 6.07 Å². The summed E-state index contributed by atoms with van der Waals surface area (Å²) < 4.78 is 13.5. The fourth-order valence-electron chi connectivity index (χ4n) is 4.40. The molecule has 2 N–H and O–H groups in total. The van der Waals surface area contributed by atoms with E-state index in [0.717, 1.165) is 44.9 Å². The third-order valence-corrected chi connectivity index (χ3v) is 6.02. The van der Waals surface area contributed by atoms with Crippen molar-refractivity contribution in [3.63, 3.8) is 0 Å². The number of halogens is 1. The first kappa shape index (κ1) is 19.1. The molecule has 1 saturated heterocycles. The number of benzene rings is 1. The summed E-state index contributed by atoms with van der Waals surface area (Å²) in [5, 5.41) is 14.3. The SMILES string of the molecule is Cc1nc(N2CCC[C@@H]2C(=O)NCC2(O)CCCCC2)nc2ccc(F)cc12. The monoisotopic (exact) mass is 386 g/mol. The van der Waals surface area contributed by atoms with Gasteiger partial charge in [0.1, 0.15) is 11.9 Å². The highest BCUT2D eigenvalue weighted by Crippen LogP contribution is 2.29. The molecule has 2 heterocycles. The van der Waals surface area contributed by atoms with Gasteiger partial charge in [0, 0.05) is 18.5 Å². The lowest BCUT2D eigenvalue weighted by molar-refractivity contribution is -0.123. The largest absolute Gasteiger partial charge is 0.388 e. The lowest BCUT2D eigenvalue weighted by Gasteiger charge is -2.33. The van der Waals surface area contributed by atoms with Gasteiger partial charge in [-0.15, -0.1) is 0 Å². The highest BCUT2D eigenvalue weighted by molar-refractivity contribution is 5.86. The van der Waals surface area contributed by atoms with Gasteiger partial charge < -0.3 is 15.3 Å². The highest BCUT2D eigenvalue weighted by atomic mass is 19.1. The van der Waals surface area contributed by atoms with E-state index < -0.39 is 5.60 Å². The van der Waals surface area contributed by atoms with E-state index in [9.17, 15) is 14.3 Å². The summed E-state index contributed by atoms with van der Waals surface area (Å²) in [6, 6.07) is 4.13. The summed E-state index contributed by atoms with van der Waals surface area (Å²) in [6.07, 6.45) is 6.26. The van der Waals surface area contributed by atoms with Crippen molar-refractivity contribution in [2.75, 3.05) is 18.0 Å². The molecule has 1 aromatic carbocycles. The van der Waals surface area contributed by atoms with Gasteiger partial charge in [-0.05, 0) is 50.8 Å². The number of anilines is 1. The fourth-order valence-corrected chi connectivity index (χ4v) is 4.40. The molecule has 150 valence electrons. The third kappa shape index (κ3) is 3.81. The van der Waals surface area contributed by atoms with E-state index in [0.29, 0.717) is 35.6 Å². The minimum Gasteiger partial charge on any atom is -0.388 e. The van der Waals surface area contributed by atoms with E-state index in [4.69, 9.17) is 0 Å². The molecule has 1 aliphatic heterocycles. The zero-order chi connectivity index (χ0) is 19.7. The highest BCUT2D eigenvalue weighted by Gasteiger charge is 2.35. The molecule has 0 bridgehead atoms. The molecule has 2 fully saturated rings. The van der Waals surface area contributed by atoms with Crippen LogP contribution in [0, 0.1) is 12.7 Å². The van der Waals surface area contributed by atoms with E-state index in [2.05, 4.69) is 15.3 Å². The minimum absolute atomic E-state index is 0.0862. The summed E-state index contributed by atoms with van der Waals surface area (Å²) in [5.41, 5.74) is 0.589. The molecule has 0 unspecified atom stereocenters. The van der Waals surface area contributed by atoms with Gasteiger partial charge >= 0.3 is 0 Å². The molecule has 4 rings (SSSR count). The van der Waals surface area contributed by atoms with Crippen molar-refractivity contribution in [1.29, 1.82) is 0 Å². The molecule has 0 radical (unpaired) electrons. The lowest BCUT2D eigenvalue weighted by Crippen LogP contribution is -2.50. The number of fused-ring (bicyclic) bond motifs is 1. The predicted molar refractivity (Wildman–Crippen MR) is 106 cm³/mol. The van der Waals surface area contributed by atoms with E-state index >= 15 is 0 Å². The van der Waals surface area contributed by atoms with Gasteiger partial charge in [0.25, 0.3) is 0 Å². The maximum Gasteiger partial charge on any atom is 0.242 e. The summed E-state index contributed by atoms with van der Waals surface area (Å²) in [7, 11) is 0. The van der Waals surface area contributed by atoms with Crippen LogP contribution in [0.4, 0.5) is 10.3 Å². The summed E-state index contributed by atoms with van der Waals surface area (Å²) in [5.74, 6) is 0.105. The van der Waals surface area contributed by atoms with Crippen molar-refractivity contribution >= 4 is 22.8 Å². The standard InChI is InChI=1S/C21H27FN4O2/c1-14-16-12-15(22)7-8-17(16)25-20(24-14)26-11-5-6-18(26)19(27)23-13-21(28)9-3-2-4-10-21/h7-8,12,18,28H,2-6,9-11,13H2,1H3,(H,23,27)/t18-/m1/s1. The molecule has 1 atom stereocenters. The molecule has 7 heteroatoms. The Hall–Kier alpha value is -2.28. The van der Waals surface area contributed by atoms with Gasteiger partial charge in [-0.3, -0.25) is 4.79 Å². The second-order valence-electron chi connectivity index (χ2n) is 8.12. The van der Waals surface area contributed by atoms with E-state index in [1.807, 2.05) is 11.8 Å². The van der Waals surface area contributed by atoms with Crippen LogP contribution in [0.15, 0.2) is 18.2 Å². The molecular formula is C21H27FN4O2. The second kappa shape index (κ2) is 7.62. The molecule has 6 nitrogen and oxygen atoms in total. The Morgan fingerprint density at radius 3 is 2.86 bits per heavy atom. The molecule has 2 aliphatic rings. The summed E-state index contributed by atoms with van der Waals surface area (Å²) in [6.45, 7) is 2.83. The number of aromatic nitrogens is 2. The first-order chi connectivity index (χ1) is 13.5. The minimum atomic E-state index is -0.780. The number of aryl methyl sites for hydroxylation is 1.